The Hall–Kier alpha value is -2.81. The number of aliphatic imine (C=N–C) groups is 1. The number of carbonyl (C=O) groups excluding carboxylic acids is 2. The number of guanidine groups is 1. The van der Waals surface area contributed by atoms with E-state index in [9.17, 15) is 14.4 Å². The number of benzene rings is 1. The van der Waals surface area contributed by atoms with E-state index in [0.29, 0.717) is 0 Å². The van der Waals surface area contributed by atoms with E-state index in [1.807, 2.05) is 0 Å². The molecule has 0 aliphatic rings. The summed E-state index contributed by atoms with van der Waals surface area (Å²) in [5.74, 6) is -1.53. The maximum atomic E-state index is 12.1. The zero-order chi connectivity index (χ0) is 21.7. The van der Waals surface area contributed by atoms with Gasteiger partial charge in [0.25, 0.3) is 0 Å². The third-order valence-corrected chi connectivity index (χ3v) is 2.98. The van der Waals surface area contributed by atoms with Crippen molar-refractivity contribution in [1.29, 1.82) is 0 Å². The highest BCUT2D eigenvalue weighted by molar-refractivity contribution is 6.33. The van der Waals surface area contributed by atoms with Crippen molar-refractivity contribution in [3.8, 4) is 0 Å². The fraction of sp³-hybridized carbons (Fsp3) is 0.444. The number of nitrogens with one attached hydrogen (secondary N) is 2. The molecule has 2 amide bonds. The summed E-state index contributed by atoms with van der Waals surface area (Å²) in [5.41, 5.74) is -1.63. The SMILES string of the molecule is CC(C)(C)OC(=O)NC(=Nc1cc(C(=O)O)ccc1Cl)NC(=O)OC(C)(C)C. The first-order chi connectivity index (χ1) is 12.7. The molecule has 0 radical (unpaired) electrons. The average molecular weight is 414 g/mol. The number of ether oxygens (including phenoxy) is 2. The molecular weight excluding hydrogens is 390 g/mol. The van der Waals surface area contributed by atoms with Crippen LogP contribution >= 0.6 is 11.6 Å². The van der Waals surface area contributed by atoms with Gasteiger partial charge in [0.05, 0.1) is 16.3 Å². The molecule has 0 aromatic heterocycles. The van der Waals surface area contributed by atoms with E-state index in [0.717, 1.165) is 0 Å². The van der Waals surface area contributed by atoms with Crippen LogP contribution in [0.15, 0.2) is 23.2 Å². The Morgan fingerprint density at radius 2 is 1.43 bits per heavy atom. The fourth-order valence-electron chi connectivity index (χ4n) is 1.74. The average Bonchev–Trinajstić information content (AvgIpc) is 2.44. The van der Waals surface area contributed by atoms with Crippen molar-refractivity contribution in [3.05, 3.63) is 28.8 Å². The Morgan fingerprint density at radius 1 is 0.964 bits per heavy atom. The van der Waals surface area contributed by atoms with Crippen LogP contribution in [0.5, 0.6) is 0 Å². The smallest absolute Gasteiger partial charge is 0.414 e. The Bertz CT molecular complexity index is 761. The van der Waals surface area contributed by atoms with Gasteiger partial charge in [0.15, 0.2) is 0 Å². The Kier molecular flexibility index (Phi) is 7.40. The Balaban J connectivity index is 3.20. The molecule has 0 saturated heterocycles. The highest BCUT2D eigenvalue weighted by Gasteiger charge is 2.21. The van der Waals surface area contributed by atoms with E-state index in [-0.39, 0.29) is 22.2 Å². The number of carbonyl (C=O) groups is 3. The van der Waals surface area contributed by atoms with Crippen LogP contribution < -0.4 is 10.6 Å². The first kappa shape index (κ1) is 23.2. The number of hydrogen-bond donors (Lipinski definition) is 3. The number of hydrogen-bond acceptors (Lipinski definition) is 6. The molecule has 0 aliphatic heterocycles. The van der Waals surface area contributed by atoms with E-state index in [2.05, 4.69) is 15.6 Å². The van der Waals surface area contributed by atoms with Crippen molar-refractivity contribution in [2.24, 2.45) is 4.99 Å². The lowest BCUT2D eigenvalue weighted by Crippen LogP contribution is -2.47. The zero-order valence-electron chi connectivity index (χ0n) is 16.5. The van der Waals surface area contributed by atoms with Gasteiger partial charge in [-0.05, 0) is 59.7 Å². The summed E-state index contributed by atoms with van der Waals surface area (Å²) in [5, 5.41) is 13.8. The van der Waals surface area contributed by atoms with Crippen molar-refractivity contribution < 1.29 is 29.0 Å². The van der Waals surface area contributed by atoms with Crippen LogP contribution in [0.3, 0.4) is 0 Å². The summed E-state index contributed by atoms with van der Waals surface area (Å²) in [6.45, 7) is 9.99. The summed E-state index contributed by atoms with van der Waals surface area (Å²) < 4.78 is 10.3. The van der Waals surface area contributed by atoms with Crippen LogP contribution in [0.1, 0.15) is 51.9 Å². The van der Waals surface area contributed by atoms with Crippen molar-refractivity contribution >= 4 is 41.4 Å². The minimum atomic E-state index is -1.19. The molecule has 1 rings (SSSR count). The largest absolute Gasteiger partial charge is 0.478 e. The van der Waals surface area contributed by atoms with Gasteiger partial charge in [-0.25, -0.2) is 19.4 Å². The number of aromatic carboxylic acids is 1. The first-order valence-electron chi connectivity index (χ1n) is 8.28. The number of rotatable bonds is 2. The number of amides is 2. The topological polar surface area (TPSA) is 126 Å². The molecule has 0 saturated carbocycles. The van der Waals surface area contributed by atoms with E-state index >= 15 is 0 Å². The molecule has 1 aromatic rings. The highest BCUT2D eigenvalue weighted by atomic mass is 35.5. The Morgan fingerprint density at radius 3 is 1.82 bits per heavy atom. The monoisotopic (exact) mass is 413 g/mol. The number of carboxylic acids is 1. The standard InChI is InChI=1S/C18H24ClN3O6/c1-17(2,3)27-15(25)21-14(22-16(26)28-18(4,5)6)20-12-9-10(13(23)24)7-8-11(12)19/h7-9H,1-6H3,(H,23,24)(H2,20,21,22,25,26). The van der Waals surface area contributed by atoms with Gasteiger partial charge < -0.3 is 14.6 Å². The predicted octanol–water partition coefficient (Wildman–Crippen LogP) is 4.08. The van der Waals surface area contributed by atoms with Crippen LogP contribution in [0.2, 0.25) is 5.02 Å². The quantitative estimate of drug-likeness (QED) is 0.495. The summed E-state index contributed by atoms with van der Waals surface area (Å²) in [4.78, 5) is 39.3. The molecule has 28 heavy (non-hydrogen) atoms. The molecule has 0 unspecified atom stereocenters. The van der Waals surface area contributed by atoms with Gasteiger partial charge in [-0.2, -0.15) is 0 Å². The van der Waals surface area contributed by atoms with Crippen LogP contribution in [0.4, 0.5) is 15.3 Å². The molecule has 3 N–H and O–H groups in total. The summed E-state index contributed by atoms with van der Waals surface area (Å²) in [6, 6.07) is 3.83. The van der Waals surface area contributed by atoms with Crippen molar-refractivity contribution in [2.45, 2.75) is 52.7 Å². The third-order valence-electron chi connectivity index (χ3n) is 2.66. The molecular formula is C18H24ClN3O6. The molecule has 1 aromatic carbocycles. The molecule has 0 fully saturated rings. The minimum absolute atomic E-state index is 0.0173. The predicted molar refractivity (Wildman–Crippen MR) is 104 cm³/mol. The van der Waals surface area contributed by atoms with Crippen molar-refractivity contribution in [1.82, 2.24) is 10.6 Å². The van der Waals surface area contributed by atoms with Crippen molar-refractivity contribution in [3.63, 3.8) is 0 Å². The molecule has 0 spiro atoms. The lowest BCUT2D eigenvalue weighted by molar-refractivity contribution is 0.0543. The van der Waals surface area contributed by atoms with Crippen molar-refractivity contribution in [2.75, 3.05) is 0 Å². The number of carboxylic acid groups (broad SMARTS) is 1. The lowest BCUT2D eigenvalue weighted by Gasteiger charge is -2.22. The fourth-order valence-corrected chi connectivity index (χ4v) is 1.90. The van der Waals surface area contributed by atoms with Gasteiger partial charge in [0.2, 0.25) is 5.96 Å². The highest BCUT2D eigenvalue weighted by Crippen LogP contribution is 2.26. The van der Waals surface area contributed by atoms with Crippen LogP contribution in [-0.2, 0) is 9.47 Å². The molecule has 10 heteroatoms. The lowest BCUT2D eigenvalue weighted by atomic mass is 10.2. The van der Waals surface area contributed by atoms with E-state index < -0.39 is 29.4 Å². The molecule has 0 bridgehead atoms. The second kappa shape index (κ2) is 8.92. The number of alkyl carbamates (subject to hydrolysis) is 2. The van der Waals surface area contributed by atoms with Gasteiger partial charge in [0.1, 0.15) is 11.2 Å². The van der Waals surface area contributed by atoms with Gasteiger partial charge in [-0.3, -0.25) is 10.6 Å². The number of nitrogens with zero attached hydrogens (tertiary/aromatic N) is 1. The molecule has 9 nitrogen and oxygen atoms in total. The summed E-state index contributed by atoms with van der Waals surface area (Å²) >= 11 is 6.04. The van der Waals surface area contributed by atoms with E-state index in [1.165, 1.54) is 18.2 Å². The maximum absolute atomic E-state index is 12.1. The normalized spacial score (nSPS) is 11.2. The Labute approximate surface area is 168 Å². The van der Waals surface area contributed by atoms with Crippen LogP contribution in [0, 0.1) is 0 Å². The minimum Gasteiger partial charge on any atom is -0.478 e. The van der Waals surface area contributed by atoms with E-state index in [4.69, 9.17) is 26.2 Å². The second-order valence-electron chi connectivity index (χ2n) is 7.69. The molecule has 154 valence electrons. The number of halogens is 1. The van der Waals surface area contributed by atoms with Gasteiger partial charge in [0, 0.05) is 0 Å². The maximum Gasteiger partial charge on any atom is 0.414 e. The van der Waals surface area contributed by atoms with E-state index in [1.54, 1.807) is 41.5 Å². The van der Waals surface area contributed by atoms with Gasteiger partial charge in [-0.1, -0.05) is 11.6 Å². The molecule has 0 aliphatic carbocycles. The van der Waals surface area contributed by atoms with Crippen LogP contribution in [0.25, 0.3) is 0 Å². The molecule has 0 heterocycles. The summed E-state index contributed by atoms with van der Waals surface area (Å²) in [6.07, 6.45) is -1.76. The summed E-state index contributed by atoms with van der Waals surface area (Å²) in [7, 11) is 0. The first-order valence-corrected chi connectivity index (χ1v) is 8.65. The zero-order valence-corrected chi connectivity index (χ0v) is 17.3. The van der Waals surface area contributed by atoms with Crippen LogP contribution in [-0.4, -0.2) is 40.4 Å². The second-order valence-corrected chi connectivity index (χ2v) is 8.09. The molecule has 0 atom stereocenters. The van der Waals surface area contributed by atoms with Gasteiger partial charge in [-0.15, -0.1) is 0 Å². The third kappa shape index (κ3) is 8.72. The van der Waals surface area contributed by atoms with Gasteiger partial charge >= 0.3 is 18.2 Å².